The van der Waals surface area contributed by atoms with Gasteiger partial charge in [-0.2, -0.15) is 0 Å². The molecule has 2 heteroatoms. The molecule has 0 aliphatic carbocycles. The Kier molecular flexibility index (Phi) is 6.13. The van der Waals surface area contributed by atoms with Crippen molar-refractivity contribution in [1.82, 2.24) is 10.2 Å². The van der Waals surface area contributed by atoms with Gasteiger partial charge in [0.2, 0.25) is 0 Å². The van der Waals surface area contributed by atoms with Crippen LogP contribution in [0, 0.1) is 11.3 Å². The van der Waals surface area contributed by atoms with Crippen LogP contribution in [0.4, 0.5) is 0 Å². The van der Waals surface area contributed by atoms with Crippen LogP contribution >= 0.6 is 0 Å². The van der Waals surface area contributed by atoms with Gasteiger partial charge in [0, 0.05) is 12.1 Å². The first-order valence-electron chi connectivity index (χ1n) is 7.81. The number of likely N-dealkylation sites (tertiary alicyclic amines) is 1. The molecule has 1 saturated heterocycles. The Balaban J connectivity index is 2.56. The maximum atomic E-state index is 3.47. The molecule has 0 radical (unpaired) electrons. The third-order valence-electron chi connectivity index (χ3n) is 4.96. The second-order valence-corrected chi connectivity index (χ2v) is 7.07. The van der Waals surface area contributed by atoms with Crippen molar-refractivity contribution in [3.63, 3.8) is 0 Å². The van der Waals surface area contributed by atoms with E-state index >= 15 is 0 Å². The van der Waals surface area contributed by atoms with E-state index in [1.54, 1.807) is 0 Å². The third-order valence-corrected chi connectivity index (χ3v) is 4.96. The van der Waals surface area contributed by atoms with Crippen LogP contribution in [0.2, 0.25) is 0 Å². The molecule has 18 heavy (non-hydrogen) atoms. The lowest BCUT2D eigenvalue weighted by Gasteiger charge is -2.34. The molecule has 0 saturated carbocycles. The molecule has 0 aromatic rings. The van der Waals surface area contributed by atoms with Crippen LogP contribution in [0.1, 0.15) is 60.3 Å². The summed E-state index contributed by atoms with van der Waals surface area (Å²) in [7, 11) is 2.10. The summed E-state index contributed by atoms with van der Waals surface area (Å²) in [6, 6.07) is 1.30. The Bertz CT molecular complexity index is 228. The van der Waals surface area contributed by atoms with Crippen LogP contribution in [0.25, 0.3) is 0 Å². The highest BCUT2D eigenvalue weighted by Gasteiger charge is 2.29. The van der Waals surface area contributed by atoms with Crippen molar-refractivity contribution in [2.45, 2.75) is 72.4 Å². The van der Waals surface area contributed by atoms with E-state index in [4.69, 9.17) is 0 Å². The lowest BCUT2D eigenvalue weighted by atomic mass is 9.77. The monoisotopic (exact) mass is 254 g/mol. The van der Waals surface area contributed by atoms with E-state index in [9.17, 15) is 0 Å². The molecule has 0 bridgehead atoms. The minimum absolute atomic E-state index is 0.479. The Morgan fingerprint density at radius 1 is 1.22 bits per heavy atom. The van der Waals surface area contributed by atoms with E-state index in [0.29, 0.717) is 17.5 Å². The number of hydrogen-bond donors (Lipinski definition) is 1. The average molecular weight is 254 g/mol. The fourth-order valence-corrected chi connectivity index (χ4v) is 3.43. The van der Waals surface area contributed by atoms with E-state index in [1.165, 1.54) is 38.8 Å². The summed E-state index contributed by atoms with van der Waals surface area (Å²) in [6.07, 6.45) is 5.36. The van der Waals surface area contributed by atoms with Crippen LogP contribution in [0.5, 0.6) is 0 Å². The fourth-order valence-electron chi connectivity index (χ4n) is 3.43. The van der Waals surface area contributed by atoms with Gasteiger partial charge in [-0.15, -0.1) is 0 Å². The summed E-state index contributed by atoms with van der Waals surface area (Å²) in [5.74, 6) is 0.893. The quantitative estimate of drug-likeness (QED) is 0.826. The first-order valence-corrected chi connectivity index (χ1v) is 7.81. The van der Waals surface area contributed by atoms with Gasteiger partial charge in [-0.05, 0) is 64.1 Å². The first-order chi connectivity index (χ1) is 8.40. The molecule has 1 rings (SSSR count). The van der Waals surface area contributed by atoms with Gasteiger partial charge >= 0.3 is 0 Å². The molecular formula is C16H34N2. The van der Waals surface area contributed by atoms with Crippen molar-refractivity contribution in [2.75, 3.05) is 20.1 Å². The molecule has 1 heterocycles. The van der Waals surface area contributed by atoms with E-state index < -0.39 is 0 Å². The number of nitrogens with one attached hydrogen (secondary N) is 1. The third kappa shape index (κ3) is 4.24. The molecule has 0 spiro atoms. The van der Waals surface area contributed by atoms with Crippen molar-refractivity contribution in [3.05, 3.63) is 0 Å². The summed E-state index contributed by atoms with van der Waals surface area (Å²) in [5, 5.41) is 3.47. The van der Waals surface area contributed by atoms with Gasteiger partial charge in [0.05, 0.1) is 0 Å². The highest BCUT2D eigenvalue weighted by Crippen LogP contribution is 2.34. The van der Waals surface area contributed by atoms with Crippen molar-refractivity contribution >= 4 is 0 Å². The maximum Gasteiger partial charge on any atom is 0.0220 e. The first kappa shape index (κ1) is 16.0. The van der Waals surface area contributed by atoms with Gasteiger partial charge < -0.3 is 5.32 Å². The van der Waals surface area contributed by atoms with Crippen molar-refractivity contribution in [2.24, 2.45) is 11.3 Å². The van der Waals surface area contributed by atoms with Crippen LogP contribution in [-0.4, -0.2) is 37.1 Å². The zero-order valence-electron chi connectivity index (χ0n) is 13.4. The zero-order valence-corrected chi connectivity index (χ0v) is 13.4. The predicted molar refractivity (Wildman–Crippen MR) is 81.0 cm³/mol. The van der Waals surface area contributed by atoms with Gasteiger partial charge in [-0.25, -0.2) is 0 Å². The molecule has 1 aliphatic heterocycles. The topological polar surface area (TPSA) is 15.3 Å². The lowest BCUT2D eigenvalue weighted by molar-refractivity contribution is 0.163. The number of likely N-dealkylation sites (N-methyl/N-ethyl adjacent to an activating group) is 1. The van der Waals surface area contributed by atoms with Crippen molar-refractivity contribution < 1.29 is 0 Å². The van der Waals surface area contributed by atoms with Gasteiger partial charge in [0.1, 0.15) is 0 Å². The second kappa shape index (κ2) is 6.91. The van der Waals surface area contributed by atoms with Gasteiger partial charge in [-0.1, -0.05) is 27.7 Å². The molecule has 1 N–H and O–H groups in total. The Labute approximate surface area is 115 Å². The second-order valence-electron chi connectivity index (χ2n) is 7.07. The largest absolute Gasteiger partial charge is 0.315 e. The molecule has 0 amide bonds. The van der Waals surface area contributed by atoms with Crippen LogP contribution in [-0.2, 0) is 0 Å². The molecule has 2 nitrogen and oxygen atoms in total. The number of rotatable bonds is 4. The molecule has 0 aromatic heterocycles. The van der Waals surface area contributed by atoms with E-state index in [-0.39, 0.29) is 0 Å². The molecule has 3 atom stereocenters. The maximum absolute atomic E-state index is 3.47. The summed E-state index contributed by atoms with van der Waals surface area (Å²) >= 11 is 0. The van der Waals surface area contributed by atoms with Gasteiger partial charge in [-0.3, -0.25) is 4.90 Å². The smallest absolute Gasteiger partial charge is 0.0220 e. The van der Waals surface area contributed by atoms with Crippen LogP contribution in [0.3, 0.4) is 0 Å². The van der Waals surface area contributed by atoms with Gasteiger partial charge in [0.25, 0.3) is 0 Å². The molecule has 108 valence electrons. The number of hydrogen-bond acceptors (Lipinski definition) is 2. The Hall–Kier alpha value is -0.0800. The highest BCUT2D eigenvalue weighted by atomic mass is 15.2. The molecule has 0 aromatic carbocycles. The minimum Gasteiger partial charge on any atom is -0.315 e. The van der Waals surface area contributed by atoms with E-state index in [1.807, 2.05) is 0 Å². The average Bonchev–Trinajstić information content (AvgIpc) is 2.55. The van der Waals surface area contributed by atoms with Crippen molar-refractivity contribution in [1.29, 1.82) is 0 Å². The lowest BCUT2D eigenvalue weighted by Crippen LogP contribution is -2.47. The van der Waals surface area contributed by atoms with Gasteiger partial charge in [0.15, 0.2) is 0 Å². The molecule has 1 fully saturated rings. The normalized spacial score (nSPS) is 26.7. The SMILES string of the molecule is CCC(NC)C(C)N1CCCC(C(C)(C)C)CC1. The Morgan fingerprint density at radius 2 is 1.89 bits per heavy atom. The summed E-state index contributed by atoms with van der Waals surface area (Å²) < 4.78 is 0. The van der Waals surface area contributed by atoms with Crippen molar-refractivity contribution in [3.8, 4) is 0 Å². The molecule has 1 aliphatic rings. The van der Waals surface area contributed by atoms with E-state index in [2.05, 4.69) is 51.9 Å². The van der Waals surface area contributed by atoms with Crippen LogP contribution in [0.15, 0.2) is 0 Å². The molecular weight excluding hydrogens is 220 g/mol. The molecule has 3 unspecified atom stereocenters. The van der Waals surface area contributed by atoms with E-state index in [0.717, 1.165) is 5.92 Å². The number of nitrogens with zero attached hydrogens (tertiary/aromatic N) is 1. The highest BCUT2D eigenvalue weighted by molar-refractivity contribution is 4.84. The Morgan fingerprint density at radius 3 is 2.39 bits per heavy atom. The predicted octanol–water partition coefficient (Wildman–Crippen LogP) is 3.52. The minimum atomic E-state index is 0.479. The summed E-state index contributed by atoms with van der Waals surface area (Å²) in [6.45, 7) is 14.4. The summed E-state index contributed by atoms with van der Waals surface area (Å²) in [5.41, 5.74) is 0.479. The zero-order chi connectivity index (χ0) is 13.8. The summed E-state index contributed by atoms with van der Waals surface area (Å²) in [4.78, 5) is 2.70. The fraction of sp³-hybridized carbons (Fsp3) is 1.00. The van der Waals surface area contributed by atoms with Crippen LogP contribution < -0.4 is 5.32 Å². The standard InChI is InChI=1S/C16H34N2/c1-7-15(17-6)13(2)18-11-8-9-14(10-12-18)16(3,4)5/h13-15,17H,7-12H2,1-6H3.